The number of carbonyl (C=O) groups excluding carboxylic acids is 2. The second kappa shape index (κ2) is 9.74. The number of hydrogen-bond donors (Lipinski definition) is 1. The molecule has 8 nitrogen and oxygen atoms in total. The molecule has 0 aromatic heterocycles. The molecule has 4 fully saturated rings. The van der Waals surface area contributed by atoms with Crippen LogP contribution in [-0.4, -0.2) is 78.4 Å². The van der Waals surface area contributed by atoms with Gasteiger partial charge in [-0.2, -0.15) is 5.26 Å². The molecule has 1 N–H and O–H groups in total. The zero-order valence-electron chi connectivity index (χ0n) is 18.6. The minimum Gasteiger partial charge on any atom is -0.433 e. The molecule has 0 aromatic rings. The van der Waals surface area contributed by atoms with Crippen LogP contribution in [0.3, 0.4) is 0 Å². The van der Waals surface area contributed by atoms with Crippen molar-refractivity contribution in [2.45, 2.75) is 87.8 Å². The summed E-state index contributed by atoms with van der Waals surface area (Å²) in [5.74, 6) is -0.291. The van der Waals surface area contributed by atoms with Crippen LogP contribution in [0.2, 0.25) is 0 Å². The average Bonchev–Trinajstić information content (AvgIpc) is 3.25. The number of nitrogens with zero attached hydrogens (tertiary/aromatic N) is 3. The van der Waals surface area contributed by atoms with Crippen LogP contribution < -0.4 is 5.32 Å². The molecule has 0 bridgehead atoms. The Morgan fingerprint density at radius 2 is 1.65 bits per heavy atom. The molecule has 2 saturated heterocycles. The maximum absolute atomic E-state index is 13.5. The van der Waals surface area contributed by atoms with Gasteiger partial charge in [-0.3, -0.25) is 9.69 Å². The fourth-order valence-electron chi connectivity index (χ4n) is 5.63. The van der Waals surface area contributed by atoms with E-state index in [1.807, 2.05) is 0 Å². The second-order valence-corrected chi connectivity index (χ2v) is 9.68. The topological polar surface area (TPSA) is 94.9 Å². The Balaban J connectivity index is 1.44. The summed E-state index contributed by atoms with van der Waals surface area (Å²) in [6.07, 6.45) is 10.1. The molecular formula is C23H36N4O4. The number of nitriles is 1. The Labute approximate surface area is 185 Å². The molecule has 0 aromatic carbocycles. The van der Waals surface area contributed by atoms with Crippen molar-refractivity contribution < 1.29 is 19.1 Å². The summed E-state index contributed by atoms with van der Waals surface area (Å²) >= 11 is 0. The summed E-state index contributed by atoms with van der Waals surface area (Å²) in [7, 11) is 0. The number of likely N-dealkylation sites (tertiary alicyclic amines) is 1. The van der Waals surface area contributed by atoms with Crippen molar-refractivity contribution in [1.29, 1.82) is 5.26 Å². The summed E-state index contributed by atoms with van der Waals surface area (Å²) < 4.78 is 11.2. The molecule has 1 unspecified atom stereocenters. The first-order chi connectivity index (χ1) is 15.1. The van der Waals surface area contributed by atoms with E-state index < -0.39 is 17.2 Å². The van der Waals surface area contributed by atoms with Gasteiger partial charge in [-0.15, -0.1) is 0 Å². The predicted molar refractivity (Wildman–Crippen MR) is 114 cm³/mol. The van der Waals surface area contributed by atoms with E-state index in [4.69, 9.17) is 9.47 Å². The molecule has 8 heteroatoms. The van der Waals surface area contributed by atoms with E-state index in [2.05, 4.69) is 16.3 Å². The van der Waals surface area contributed by atoms with Crippen molar-refractivity contribution in [3.8, 4) is 6.07 Å². The Kier molecular flexibility index (Phi) is 7.02. The van der Waals surface area contributed by atoms with Gasteiger partial charge >= 0.3 is 6.09 Å². The van der Waals surface area contributed by atoms with Crippen LogP contribution in [0.25, 0.3) is 0 Å². The smallest absolute Gasteiger partial charge is 0.410 e. The van der Waals surface area contributed by atoms with Crippen molar-refractivity contribution in [3.63, 3.8) is 0 Å². The number of ether oxygens (including phenoxy) is 2. The van der Waals surface area contributed by atoms with Crippen LogP contribution >= 0.6 is 0 Å². The molecule has 2 heterocycles. The van der Waals surface area contributed by atoms with Gasteiger partial charge in [0.15, 0.2) is 5.60 Å². The number of morpholine rings is 1. The third kappa shape index (κ3) is 4.98. The SMILES string of the molecule is N#CC1(NC(=O)C2(OC(=O)N3CCOCC3)CCCCC2)CCN(C2CCCCC2)C1. The van der Waals surface area contributed by atoms with Gasteiger partial charge in [0.2, 0.25) is 0 Å². The van der Waals surface area contributed by atoms with Crippen LogP contribution in [0.15, 0.2) is 0 Å². The summed E-state index contributed by atoms with van der Waals surface area (Å²) in [5.41, 5.74) is -2.07. The molecule has 172 valence electrons. The van der Waals surface area contributed by atoms with E-state index in [9.17, 15) is 14.9 Å². The van der Waals surface area contributed by atoms with Crippen molar-refractivity contribution in [2.24, 2.45) is 0 Å². The number of carbonyl (C=O) groups is 2. The van der Waals surface area contributed by atoms with Gasteiger partial charge in [0.1, 0.15) is 5.54 Å². The van der Waals surface area contributed by atoms with Gasteiger partial charge < -0.3 is 19.7 Å². The van der Waals surface area contributed by atoms with Crippen molar-refractivity contribution in [2.75, 3.05) is 39.4 Å². The summed E-state index contributed by atoms with van der Waals surface area (Å²) in [6.45, 7) is 3.34. The van der Waals surface area contributed by atoms with Crippen molar-refractivity contribution in [1.82, 2.24) is 15.1 Å². The standard InChI is InChI=1S/C23H36N4O4/c24-17-22(11-12-27(18-22)19-7-3-1-4-8-19)25-20(28)23(9-5-2-6-10-23)31-21(29)26-13-15-30-16-14-26/h19H,1-16,18H2,(H,25,28). The van der Waals surface area contributed by atoms with Crippen molar-refractivity contribution >= 4 is 12.0 Å². The van der Waals surface area contributed by atoms with Crippen LogP contribution in [0.1, 0.15) is 70.6 Å². The second-order valence-electron chi connectivity index (χ2n) is 9.68. The van der Waals surface area contributed by atoms with Crippen LogP contribution in [0.4, 0.5) is 4.79 Å². The molecular weight excluding hydrogens is 396 g/mol. The van der Waals surface area contributed by atoms with E-state index in [1.54, 1.807) is 4.90 Å². The molecule has 0 spiro atoms. The van der Waals surface area contributed by atoms with Gasteiger partial charge in [0.05, 0.1) is 19.3 Å². The highest BCUT2D eigenvalue weighted by molar-refractivity contribution is 5.88. The predicted octanol–water partition coefficient (Wildman–Crippen LogP) is 2.58. The molecule has 0 radical (unpaired) electrons. The largest absolute Gasteiger partial charge is 0.433 e. The Hall–Kier alpha value is -1.85. The van der Waals surface area contributed by atoms with Gasteiger partial charge in [0.25, 0.3) is 5.91 Å². The fraction of sp³-hybridized carbons (Fsp3) is 0.870. The molecule has 2 aliphatic carbocycles. The summed E-state index contributed by atoms with van der Waals surface area (Å²) in [5, 5.41) is 13.1. The van der Waals surface area contributed by atoms with Gasteiger partial charge in [-0.05, 0) is 44.9 Å². The van der Waals surface area contributed by atoms with E-state index in [1.165, 1.54) is 32.1 Å². The molecule has 4 rings (SSSR count). The Morgan fingerprint density at radius 3 is 2.32 bits per heavy atom. The van der Waals surface area contributed by atoms with E-state index in [-0.39, 0.29) is 5.91 Å². The first-order valence-corrected chi connectivity index (χ1v) is 12.1. The van der Waals surface area contributed by atoms with Crippen LogP contribution in [0.5, 0.6) is 0 Å². The molecule has 2 amide bonds. The minimum absolute atomic E-state index is 0.291. The Morgan fingerprint density at radius 1 is 0.968 bits per heavy atom. The van der Waals surface area contributed by atoms with Gasteiger partial charge in [0, 0.05) is 32.2 Å². The zero-order chi connectivity index (χ0) is 21.7. The lowest BCUT2D eigenvalue weighted by Crippen LogP contribution is -2.60. The zero-order valence-corrected chi connectivity index (χ0v) is 18.6. The lowest BCUT2D eigenvalue weighted by atomic mass is 9.83. The third-order valence-electron chi connectivity index (χ3n) is 7.58. The number of amides is 2. The quantitative estimate of drug-likeness (QED) is 0.734. The minimum atomic E-state index is -1.17. The Bertz CT molecular complexity index is 690. The molecule has 2 saturated carbocycles. The maximum atomic E-state index is 13.5. The highest BCUT2D eigenvalue weighted by Crippen LogP contribution is 2.35. The highest BCUT2D eigenvalue weighted by atomic mass is 16.6. The third-order valence-corrected chi connectivity index (χ3v) is 7.58. The molecule has 2 aliphatic heterocycles. The normalized spacial score (nSPS) is 29.8. The molecule has 31 heavy (non-hydrogen) atoms. The fourth-order valence-corrected chi connectivity index (χ4v) is 5.63. The van der Waals surface area contributed by atoms with E-state index in [0.29, 0.717) is 58.2 Å². The van der Waals surface area contributed by atoms with E-state index in [0.717, 1.165) is 25.8 Å². The van der Waals surface area contributed by atoms with Crippen molar-refractivity contribution in [3.05, 3.63) is 0 Å². The monoisotopic (exact) mass is 432 g/mol. The average molecular weight is 433 g/mol. The lowest BCUT2D eigenvalue weighted by Gasteiger charge is -2.39. The lowest BCUT2D eigenvalue weighted by molar-refractivity contribution is -0.146. The van der Waals surface area contributed by atoms with Gasteiger partial charge in [-0.1, -0.05) is 25.7 Å². The van der Waals surface area contributed by atoms with Crippen LogP contribution in [-0.2, 0) is 14.3 Å². The van der Waals surface area contributed by atoms with Crippen LogP contribution in [0, 0.1) is 11.3 Å². The maximum Gasteiger partial charge on any atom is 0.410 e. The number of nitrogens with one attached hydrogen (secondary N) is 1. The molecule has 4 aliphatic rings. The highest BCUT2D eigenvalue weighted by Gasteiger charge is 2.49. The van der Waals surface area contributed by atoms with Gasteiger partial charge in [-0.25, -0.2) is 4.79 Å². The summed E-state index contributed by atoms with van der Waals surface area (Å²) in [6, 6.07) is 2.93. The first-order valence-electron chi connectivity index (χ1n) is 12.1. The van der Waals surface area contributed by atoms with E-state index >= 15 is 0 Å². The number of rotatable bonds is 4. The first kappa shape index (κ1) is 22.3. The summed E-state index contributed by atoms with van der Waals surface area (Å²) in [4.78, 5) is 30.4. The molecule has 1 atom stereocenters. The number of hydrogen-bond acceptors (Lipinski definition) is 6.